The van der Waals surface area contributed by atoms with Crippen LogP contribution in [0.25, 0.3) is 0 Å². The lowest BCUT2D eigenvalue weighted by molar-refractivity contribution is -0.146. The highest BCUT2D eigenvalue weighted by molar-refractivity contribution is 6.00. The van der Waals surface area contributed by atoms with Gasteiger partial charge in [-0.2, -0.15) is 0 Å². The molecule has 2 N–H and O–H groups in total. The van der Waals surface area contributed by atoms with Crippen molar-refractivity contribution in [2.45, 2.75) is 25.8 Å². The quantitative estimate of drug-likeness (QED) is 0.490. The van der Waals surface area contributed by atoms with Crippen LogP contribution < -0.4 is 5.32 Å². The summed E-state index contributed by atoms with van der Waals surface area (Å²) in [7, 11) is 0. The van der Waals surface area contributed by atoms with Crippen molar-refractivity contribution >= 4 is 18.3 Å². The van der Waals surface area contributed by atoms with Crippen LogP contribution in [0.1, 0.15) is 20.3 Å². The zero-order valence-electron chi connectivity index (χ0n) is 8.07. The summed E-state index contributed by atoms with van der Waals surface area (Å²) in [6, 6.07) is 0. The van der Waals surface area contributed by atoms with Crippen molar-refractivity contribution in [2.75, 3.05) is 6.61 Å². The summed E-state index contributed by atoms with van der Waals surface area (Å²) < 4.78 is 4.48. The maximum Gasteiger partial charge on any atom is 0.408 e. The van der Waals surface area contributed by atoms with E-state index in [-0.39, 0.29) is 19.3 Å². The minimum Gasteiger partial charge on any atom is -0.479 e. The van der Waals surface area contributed by atoms with Crippen molar-refractivity contribution in [2.24, 2.45) is 0 Å². The van der Waals surface area contributed by atoms with Crippen LogP contribution in [-0.4, -0.2) is 35.6 Å². The summed E-state index contributed by atoms with van der Waals surface area (Å²) in [5.41, 5.74) is -1.88. The Morgan fingerprint density at radius 1 is 1.50 bits per heavy atom. The molecular formula is C8H13NO5. The number of nitrogens with one attached hydrogen (secondary N) is 1. The molecule has 1 atom stereocenters. The molecular weight excluding hydrogens is 190 g/mol. The smallest absolute Gasteiger partial charge is 0.408 e. The third-order valence-electron chi connectivity index (χ3n) is 1.74. The first-order valence-corrected chi connectivity index (χ1v) is 4.17. The second-order valence-corrected chi connectivity index (χ2v) is 2.59. The molecule has 80 valence electrons. The number of carboxylic acid groups (broad SMARTS) is 1. The van der Waals surface area contributed by atoms with Gasteiger partial charge in [-0.15, -0.1) is 0 Å². The number of hydrogen-bond donors (Lipinski definition) is 2. The van der Waals surface area contributed by atoms with Crippen molar-refractivity contribution in [3.05, 3.63) is 0 Å². The Morgan fingerprint density at radius 2 is 2.07 bits per heavy atom. The fourth-order valence-electron chi connectivity index (χ4n) is 0.806. The predicted molar refractivity (Wildman–Crippen MR) is 46.9 cm³/mol. The van der Waals surface area contributed by atoms with Crippen LogP contribution in [0.3, 0.4) is 0 Å². The average Bonchev–Trinajstić information content (AvgIpc) is 2.14. The Bertz CT molecular complexity index is 240. The minimum atomic E-state index is -1.88. The van der Waals surface area contributed by atoms with E-state index >= 15 is 0 Å². The molecule has 0 aromatic carbocycles. The summed E-state index contributed by atoms with van der Waals surface area (Å²) in [4.78, 5) is 32.2. The summed E-state index contributed by atoms with van der Waals surface area (Å²) in [6.45, 7) is 3.17. The van der Waals surface area contributed by atoms with Gasteiger partial charge in [-0.1, -0.05) is 6.92 Å². The third kappa shape index (κ3) is 2.72. The van der Waals surface area contributed by atoms with Crippen LogP contribution in [-0.2, 0) is 14.3 Å². The van der Waals surface area contributed by atoms with Gasteiger partial charge < -0.3 is 14.6 Å². The van der Waals surface area contributed by atoms with Gasteiger partial charge in [-0.3, -0.25) is 5.32 Å². The molecule has 0 saturated heterocycles. The highest BCUT2D eigenvalue weighted by atomic mass is 16.5. The molecule has 1 unspecified atom stereocenters. The van der Waals surface area contributed by atoms with E-state index in [4.69, 9.17) is 5.11 Å². The normalized spacial score (nSPS) is 13.9. The monoisotopic (exact) mass is 203 g/mol. The number of hydrogen-bond acceptors (Lipinski definition) is 4. The summed E-state index contributed by atoms with van der Waals surface area (Å²) >= 11 is 0. The van der Waals surface area contributed by atoms with E-state index in [0.717, 1.165) is 0 Å². The first-order valence-electron chi connectivity index (χ1n) is 4.17. The molecule has 0 aliphatic heterocycles. The van der Waals surface area contributed by atoms with Gasteiger partial charge in [0, 0.05) is 0 Å². The van der Waals surface area contributed by atoms with Gasteiger partial charge in [-0.05, 0) is 13.3 Å². The molecule has 1 amide bonds. The van der Waals surface area contributed by atoms with Crippen LogP contribution in [0.4, 0.5) is 4.79 Å². The summed E-state index contributed by atoms with van der Waals surface area (Å²) in [6.07, 6.45) is -0.763. The highest BCUT2D eigenvalue weighted by Crippen LogP contribution is 2.07. The van der Waals surface area contributed by atoms with E-state index in [2.05, 4.69) is 4.74 Å². The molecule has 0 rings (SSSR count). The van der Waals surface area contributed by atoms with Gasteiger partial charge in [0.1, 0.15) is 0 Å². The van der Waals surface area contributed by atoms with Gasteiger partial charge in [0.05, 0.1) is 6.61 Å². The van der Waals surface area contributed by atoms with E-state index in [1.165, 1.54) is 6.92 Å². The van der Waals surface area contributed by atoms with Gasteiger partial charge >= 0.3 is 12.1 Å². The standard InChI is InChI=1S/C8H13NO5/c1-3-8(5-10,6(11)12)9-7(13)14-4-2/h5H,3-4H2,1-2H3,(H,9,13)(H,11,12). The molecule has 0 heterocycles. The molecule has 6 heteroatoms. The number of aliphatic carboxylic acids is 1. The van der Waals surface area contributed by atoms with Crippen molar-refractivity contribution in [1.82, 2.24) is 5.32 Å². The van der Waals surface area contributed by atoms with Crippen LogP contribution in [0, 0.1) is 0 Å². The molecule has 0 saturated carbocycles. The SMILES string of the molecule is CCOC(=O)NC(C=O)(CC)C(=O)O. The zero-order valence-corrected chi connectivity index (χ0v) is 8.07. The fourth-order valence-corrected chi connectivity index (χ4v) is 0.806. The summed E-state index contributed by atoms with van der Waals surface area (Å²) in [5.74, 6) is -1.40. The van der Waals surface area contributed by atoms with E-state index in [1.54, 1.807) is 6.92 Å². The average molecular weight is 203 g/mol. The van der Waals surface area contributed by atoms with Gasteiger partial charge in [-0.25, -0.2) is 9.59 Å². The van der Waals surface area contributed by atoms with Crippen molar-refractivity contribution in [1.29, 1.82) is 0 Å². The van der Waals surface area contributed by atoms with E-state index < -0.39 is 17.6 Å². The Labute approximate surface area is 81.2 Å². The molecule has 0 bridgehead atoms. The lowest BCUT2D eigenvalue weighted by Crippen LogP contribution is -2.55. The molecule has 6 nitrogen and oxygen atoms in total. The molecule has 0 aliphatic rings. The van der Waals surface area contributed by atoms with E-state index in [9.17, 15) is 14.4 Å². The number of alkyl carbamates (subject to hydrolysis) is 1. The van der Waals surface area contributed by atoms with Gasteiger partial charge in [0.15, 0.2) is 11.8 Å². The molecule has 0 aromatic rings. The van der Waals surface area contributed by atoms with Crippen molar-refractivity contribution in [3.8, 4) is 0 Å². The van der Waals surface area contributed by atoms with Crippen molar-refractivity contribution < 1.29 is 24.2 Å². The number of carbonyl (C=O) groups excluding carboxylic acids is 2. The predicted octanol–water partition coefficient (Wildman–Crippen LogP) is 0.165. The second-order valence-electron chi connectivity index (χ2n) is 2.59. The zero-order chi connectivity index (χ0) is 11.2. The highest BCUT2D eigenvalue weighted by Gasteiger charge is 2.38. The lowest BCUT2D eigenvalue weighted by atomic mass is 9.99. The largest absolute Gasteiger partial charge is 0.479 e. The van der Waals surface area contributed by atoms with Crippen LogP contribution in [0.2, 0.25) is 0 Å². The van der Waals surface area contributed by atoms with Crippen LogP contribution in [0.5, 0.6) is 0 Å². The van der Waals surface area contributed by atoms with E-state index in [1.807, 2.05) is 5.32 Å². The third-order valence-corrected chi connectivity index (χ3v) is 1.74. The Hall–Kier alpha value is -1.59. The maximum absolute atomic E-state index is 10.9. The number of carboxylic acids is 1. The number of amides is 1. The maximum atomic E-state index is 10.9. The van der Waals surface area contributed by atoms with Gasteiger partial charge in [0.25, 0.3) is 0 Å². The van der Waals surface area contributed by atoms with Crippen molar-refractivity contribution in [3.63, 3.8) is 0 Å². The molecule has 14 heavy (non-hydrogen) atoms. The lowest BCUT2D eigenvalue weighted by Gasteiger charge is -2.22. The Kier molecular flexibility index (Phi) is 4.62. The molecule has 0 radical (unpaired) electrons. The summed E-state index contributed by atoms with van der Waals surface area (Å²) in [5, 5.41) is 10.7. The molecule has 0 spiro atoms. The van der Waals surface area contributed by atoms with Crippen LogP contribution >= 0.6 is 0 Å². The second kappa shape index (κ2) is 5.21. The minimum absolute atomic E-state index is 0.0371. The fraction of sp³-hybridized carbons (Fsp3) is 0.625. The Morgan fingerprint density at radius 3 is 2.36 bits per heavy atom. The molecule has 0 fully saturated rings. The van der Waals surface area contributed by atoms with Gasteiger partial charge in [0.2, 0.25) is 0 Å². The number of aldehydes is 1. The first kappa shape index (κ1) is 12.4. The molecule has 0 aliphatic carbocycles. The number of rotatable bonds is 5. The van der Waals surface area contributed by atoms with E-state index in [0.29, 0.717) is 0 Å². The number of ether oxygens (including phenoxy) is 1. The Balaban J connectivity index is 4.59. The first-order chi connectivity index (χ1) is 6.52. The molecule has 0 aromatic heterocycles. The number of carbonyl (C=O) groups is 3. The topological polar surface area (TPSA) is 92.7 Å². The van der Waals surface area contributed by atoms with Crippen LogP contribution in [0.15, 0.2) is 0 Å².